The first kappa shape index (κ1) is 18.1. The molecule has 3 nitrogen and oxygen atoms in total. The number of carbonyl (C=O) groups is 1. The van der Waals surface area contributed by atoms with Crippen LogP contribution >= 0.6 is 12.4 Å². The fourth-order valence-corrected chi connectivity index (χ4v) is 5.14. The van der Waals surface area contributed by atoms with Gasteiger partial charge >= 0.3 is 0 Å². The smallest absolute Gasteiger partial charge is 0.225 e. The molecule has 0 aromatic heterocycles. The topological polar surface area (TPSA) is 46.3 Å². The van der Waals surface area contributed by atoms with Crippen LogP contribution < -0.4 is 5.73 Å². The third-order valence-corrected chi connectivity index (χ3v) is 6.17. The van der Waals surface area contributed by atoms with Gasteiger partial charge in [0.1, 0.15) is 0 Å². The molecule has 3 aliphatic rings. The van der Waals surface area contributed by atoms with Crippen LogP contribution in [0, 0.1) is 23.7 Å². The third-order valence-electron chi connectivity index (χ3n) is 6.17. The Morgan fingerprint density at radius 3 is 2.36 bits per heavy atom. The maximum Gasteiger partial charge on any atom is 0.225 e. The summed E-state index contributed by atoms with van der Waals surface area (Å²) in [6.45, 7) is 5.53. The van der Waals surface area contributed by atoms with E-state index < -0.39 is 0 Å². The second-order valence-corrected chi connectivity index (χ2v) is 8.15. The van der Waals surface area contributed by atoms with Crippen LogP contribution in [-0.4, -0.2) is 29.4 Å². The highest BCUT2D eigenvalue weighted by atomic mass is 35.5. The van der Waals surface area contributed by atoms with Crippen molar-refractivity contribution in [2.75, 3.05) is 6.54 Å². The summed E-state index contributed by atoms with van der Waals surface area (Å²) >= 11 is 0. The van der Waals surface area contributed by atoms with Crippen molar-refractivity contribution in [3.8, 4) is 0 Å². The largest absolute Gasteiger partial charge is 0.339 e. The van der Waals surface area contributed by atoms with Gasteiger partial charge in [-0.1, -0.05) is 20.3 Å². The summed E-state index contributed by atoms with van der Waals surface area (Å²) in [5.74, 6) is 2.63. The third kappa shape index (κ3) is 3.62. The Balaban J connectivity index is 0.00000176. The zero-order valence-electron chi connectivity index (χ0n) is 14.2. The Morgan fingerprint density at radius 1 is 1.14 bits per heavy atom. The first-order valence-corrected chi connectivity index (χ1v) is 9.12. The highest BCUT2D eigenvalue weighted by Gasteiger charge is 2.43. The van der Waals surface area contributed by atoms with Gasteiger partial charge in [-0.15, -0.1) is 12.4 Å². The van der Waals surface area contributed by atoms with E-state index in [1.165, 1.54) is 38.5 Å². The van der Waals surface area contributed by atoms with Crippen molar-refractivity contribution < 1.29 is 4.79 Å². The van der Waals surface area contributed by atoms with E-state index in [1.54, 1.807) is 0 Å². The van der Waals surface area contributed by atoms with Crippen molar-refractivity contribution in [2.45, 2.75) is 77.3 Å². The molecule has 2 saturated carbocycles. The van der Waals surface area contributed by atoms with Crippen LogP contribution in [0.15, 0.2) is 0 Å². The van der Waals surface area contributed by atoms with E-state index in [0.29, 0.717) is 35.7 Å². The molecule has 0 aromatic carbocycles. The van der Waals surface area contributed by atoms with E-state index in [9.17, 15) is 4.79 Å². The number of hydrogen-bond acceptors (Lipinski definition) is 2. The second kappa shape index (κ2) is 7.53. The molecular weight excluding hydrogens is 296 g/mol. The zero-order chi connectivity index (χ0) is 15.0. The quantitative estimate of drug-likeness (QED) is 0.860. The Labute approximate surface area is 141 Å². The molecule has 1 saturated heterocycles. The Bertz CT molecular complexity index is 373. The van der Waals surface area contributed by atoms with Crippen molar-refractivity contribution in [3.05, 3.63) is 0 Å². The molecule has 0 spiro atoms. The summed E-state index contributed by atoms with van der Waals surface area (Å²) in [5, 5.41) is 0. The van der Waals surface area contributed by atoms with Gasteiger partial charge in [0.15, 0.2) is 0 Å². The lowest BCUT2D eigenvalue weighted by atomic mass is 9.65. The van der Waals surface area contributed by atoms with Crippen molar-refractivity contribution in [3.63, 3.8) is 0 Å². The van der Waals surface area contributed by atoms with Crippen LogP contribution in [0.4, 0.5) is 0 Å². The number of amides is 1. The number of fused-ring (bicyclic) bond motifs is 2. The van der Waals surface area contributed by atoms with E-state index in [1.807, 2.05) is 0 Å². The van der Waals surface area contributed by atoms with Crippen LogP contribution in [0.5, 0.6) is 0 Å². The molecule has 2 bridgehead atoms. The molecule has 1 aliphatic heterocycles. The number of likely N-dealkylation sites (tertiary alicyclic amines) is 1. The second-order valence-electron chi connectivity index (χ2n) is 8.15. The minimum absolute atomic E-state index is 0. The fraction of sp³-hybridized carbons (Fsp3) is 0.944. The first-order valence-electron chi connectivity index (χ1n) is 9.12. The van der Waals surface area contributed by atoms with Crippen LogP contribution in [0.3, 0.4) is 0 Å². The lowest BCUT2D eigenvalue weighted by molar-refractivity contribution is -0.139. The fourth-order valence-electron chi connectivity index (χ4n) is 5.14. The summed E-state index contributed by atoms with van der Waals surface area (Å²) in [7, 11) is 0. The summed E-state index contributed by atoms with van der Waals surface area (Å²) < 4.78 is 0. The van der Waals surface area contributed by atoms with Crippen LogP contribution in [0.1, 0.15) is 65.2 Å². The van der Waals surface area contributed by atoms with Gasteiger partial charge in [0.05, 0.1) is 0 Å². The van der Waals surface area contributed by atoms with Gasteiger partial charge in [-0.25, -0.2) is 0 Å². The van der Waals surface area contributed by atoms with Gasteiger partial charge in [-0.2, -0.15) is 0 Å². The molecule has 1 heterocycles. The molecule has 0 radical (unpaired) electrons. The van der Waals surface area contributed by atoms with E-state index in [2.05, 4.69) is 18.7 Å². The highest BCUT2D eigenvalue weighted by molar-refractivity contribution is 5.85. The Hall–Kier alpha value is -0.280. The standard InChI is InChI=1S/C18H32N2O.ClH/c1-12(2)9-16-7-4-8-20(16)18(21)15-10-13-5-3-6-14(11-15)17(13)19;/h12-17H,3-11,19H2,1-2H3;1H. The van der Waals surface area contributed by atoms with Gasteiger partial charge in [-0.05, 0) is 62.7 Å². The van der Waals surface area contributed by atoms with Gasteiger partial charge in [-0.3, -0.25) is 4.79 Å². The molecule has 2 aliphatic carbocycles. The van der Waals surface area contributed by atoms with Crippen molar-refractivity contribution in [1.29, 1.82) is 0 Å². The van der Waals surface area contributed by atoms with E-state index in [-0.39, 0.29) is 18.3 Å². The number of rotatable bonds is 3. The average molecular weight is 329 g/mol. The zero-order valence-corrected chi connectivity index (χ0v) is 15.0. The average Bonchev–Trinajstić information content (AvgIpc) is 2.84. The van der Waals surface area contributed by atoms with Gasteiger partial charge < -0.3 is 10.6 Å². The molecule has 1 amide bonds. The van der Waals surface area contributed by atoms with Crippen LogP contribution in [0.25, 0.3) is 0 Å². The Kier molecular flexibility index (Phi) is 6.18. The van der Waals surface area contributed by atoms with Crippen LogP contribution in [0.2, 0.25) is 0 Å². The number of nitrogens with zero attached hydrogens (tertiary/aromatic N) is 1. The summed E-state index contributed by atoms with van der Waals surface area (Å²) in [5.41, 5.74) is 6.37. The SMILES string of the molecule is CC(C)CC1CCCN1C(=O)C1CC2CCCC(C1)C2N.Cl. The predicted molar refractivity (Wildman–Crippen MR) is 93.0 cm³/mol. The molecule has 3 atom stereocenters. The molecular formula is C18H33ClN2O. The minimum atomic E-state index is 0. The van der Waals surface area contributed by atoms with E-state index >= 15 is 0 Å². The predicted octanol–water partition coefficient (Wildman–Crippen LogP) is 3.60. The monoisotopic (exact) mass is 328 g/mol. The molecule has 3 rings (SSSR count). The van der Waals surface area contributed by atoms with Gasteiger partial charge in [0.25, 0.3) is 0 Å². The molecule has 3 fully saturated rings. The molecule has 4 heteroatoms. The van der Waals surface area contributed by atoms with Crippen molar-refractivity contribution >= 4 is 18.3 Å². The van der Waals surface area contributed by atoms with Gasteiger partial charge in [0.2, 0.25) is 5.91 Å². The van der Waals surface area contributed by atoms with E-state index in [0.717, 1.165) is 19.4 Å². The van der Waals surface area contributed by atoms with Crippen LogP contribution in [-0.2, 0) is 4.79 Å². The summed E-state index contributed by atoms with van der Waals surface area (Å²) in [6, 6.07) is 0.876. The highest BCUT2D eigenvalue weighted by Crippen LogP contribution is 2.43. The van der Waals surface area contributed by atoms with Crippen molar-refractivity contribution in [1.82, 2.24) is 4.90 Å². The molecule has 3 unspecified atom stereocenters. The number of hydrogen-bond donors (Lipinski definition) is 1. The maximum absolute atomic E-state index is 13.0. The summed E-state index contributed by atoms with van der Waals surface area (Å²) in [4.78, 5) is 15.2. The van der Waals surface area contributed by atoms with E-state index in [4.69, 9.17) is 5.73 Å². The number of carbonyl (C=O) groups excluding carboxylic acids is 1. The van der Waals surface area contributed by atoms with Crippen molar-refractivity contribution in [2.24, 2.45) is 29.4 Å². The molecule has 2 N–H and O–H groups in total. The number of nitrogens with two attached hydrogens (primary N) is 1. The molecule has 0 aromatic rings. The molecule has 128 valence electrons. The normalized spacial score (nSPS) is 38.0. The molecule has 22 heavy (non-hydrogen) atoms. The summed E-state index contributed by atoms with van der Waals surface area (Å²) in [6.07, 6.45) is 9.51. The Morgan fingerprint density at radius 2 is 1.77 bits per heavy atom. The number of halogens is 1. The maximum atomic E-state index is 13.0. The van der Waals surface area contributed by atoms with Gasteiger partial charge in [0, 0.05) is 24.5 Å². The minimum Gasteiger partial charge on any atom is -0.339 e. The lowest BCUT2D eigenvalue weighted by Gasteiger charge is -2.44. The lowest BCUT2D eigenvalue weighted by Crippen LogP contribution is -2.50. The first-order chi connectivity index (χ1) is 10.1.